The van der Waals surface area contributed by atoms with E-state index in [0.717, 1.165) is 19.3 Å². The molecule has 1 saturated heterocycles. The first-order chi connectivity index (χ1) is 14.8. The van der Waals surface area contributed by atoms with Gasteiger partial charge in [-0.25, -0.2) is 0 Å². The number of aliphatic hydroxyl groups excluding tert-OH is 1. The number of carboxylic acid groups (broad SMARTS) is 1. The average molecular weight is 438 g/mol. The number of hydrogen-bond donors (Lipinski definition) is 2. The van der Waals surface area contributed by atoms with Crippen LogP contribution in [0.3, 0.4) is 0 Å². The Bertz CT molecular complexity index is 724. The largest absolute Gasteiger partial charge is 0.481 e. The molecule has 1 aliphatic heterocycles. The van der Waals surface area contributed by atoms with Crippen molar-refractivity contribution in [2.45, 2.75) is 82.3 Å². The number of carbonyl (C=O) groups is 2. The summed E-state index contributed by atoms with van der Waals surface area (Å²) in [6, 6.07) is 9.36. The number of carbonyl (C=O) groups excluding carboxylic acids is 1. The minimum Gasteiger partial charge on any atom is -0.481 e. The minimum absolute atomic E-state index is 0.0926. The van der Waals surface area contributed by atoms with Crippen LogP contribution in [0, 0.1) is 0 Å². The van der Waals surface area contributed by atoms with E-state index >= 15 is 0 Å². The zero-order valence-electron chi connectivity index (χ0n) is 17.9. The number of likely N-dealkylation sites (tertiary alicyclic amines) is 1. The molecule has 0 saturated carbocycles. The van der Waals surface area contributed by atoms with Gasteiger partial charge in [0.05, 0.1) is 12.1 Å². The van der Waals surface area contributed by atoms with E-state index in [0.29, 0.717) is 32.1 Å². The van der Waals surface area contributed by atoms with Crippen LogP contribution >= 0.6 is 0 Å². The van der Waals surface area contributed by atoms with E-state index in [1.807, 2.05) is 18.2 Å². The Kier molecular flexibility index (Phi) is 10.1. The molecule has 0 aromatic heterocycles. The SMILES string of the molecule is O=C(O)CCCCCCN1C(=O)C(F)(F)C[C@@H]1C=C[C@@H](O)CCCCc1ccccc1. The number of alkyl halides is 2. The first kappa shape index (κ1) is 25.0. The Balaban J connectivity index is 1.74. The molecule has 1 aromatic rings. The summed E-state index contributed by atoms with van der Waals surface area (Å²) < 4.78 is 27.9. The van der Waals surface area contributed by atoms with Gasteiger partial charge in [0.2, 0.25) is 0 Å². The van der Waals surface area contributed by atoms with Crippen LogP contribution in [0.2, 0.25) is 0 Å². The molecule has 2 atom stereocenters. The molecule has 0 bridgehead atoms. The van der Waals surface area contributed by atoms with Crippen molar-refractivity contribution in [2.75, 3.05) is 6.54 Å². The summed E-state index contributed by atoms with van der Waals surface area (Å²) in [4.78, 5) is 23.7. The van der Waals surface area contributed by atoms with Crippen molar-refractivity contribution in [1.82, 2.24) is 4.90 Å². The number of rotatable bonds is 14. The number of aliphatic hydroxyl groups is 1. The monoisotopic (exact) mass is 437 g/mol. The fourth-order valence-electron chi connectivity index (χ4n) is 3.85. The number of aryl methyl sites for hydroxylation is 1. The molecular weight excluding hydrogens is 404 g/mol. The topological polar surface area (TPSA) is 77.8 Å². The van der Waals surface area contributed by atoms with Gasteiger partial charge in [-0.05, 0) is 37.7 Å². The molecule has 7 heteroatoms. The second kappa shape index (κ2) is 12.5. The third kappa shape index (κ3) is 8.77. The van der Waals surface area contributed by atoms with Crippen LogP contribution in [0.1, 0.15) is 63.4 Å². The summed E-state index contributed by atoms with van der Waals surface area (Å²) in [5, 5.41) is 18.8. The van der Waals surface area contributed by atoms with E-state index < -0.39 is 36.4 Å². The summed E-state index contributed by atoms with van der Waals surface area (Å²) >= 11 is 0. The highest BCUT2D eigenvalue weighted by molar-refractivity contribution is 5.86. The summed E-state index contributed by atoms with van der Waals surface area (Å²) in [7, 11) is 0. The van der Waals surface area contributed by atoms with Crippen molar-refractivity contribution in [3.8, 4) is 0 Å². The second-order valence-electron chi connectivity index (χ2n) is 8.22. The van der Waals surface area contributed by atoms with Crippen molar-refractivity contribution in [3.05, 3.63) is 48.0 Å². The van der Waals surface area contributed by atoms with Crippen molar-refractivity contribution in [3.63, 3.8) is 0 Å². The van der Waals surface area contributed by atoms with Crippen molar-refractivity contribution >= 4 is 11.9 Å². The zero-order chi connectivity index (χ0) is 22.7. The van der Waals surface area contributed by atoms with Crippen molar-refractivity contribution < 1.29 is 28.6 Å². The maximum absolute atomic E-state index is 13.9. The van der Waals surface area contributed by atoms with Crippen molar-refractivity contribution in [2.24, 2.45) is 0 Å². The quantitative estimate of drug-likeness (QED) is 0.330. The molecule has 1 aliphatic rings. The number of benzene rings is 1. The van der Waals surface area contributed by atoms with Gasteiger partial charge in [-0.2, -0.15) is 8.78 Å². The van der Waals surface area contributed by atoms with Gasteiger partial charge in [0.1, 0.15) is 0 Å². The van der Waals surface area contributed by atoms with Crippen LogP contribution in [0.4, 0.5) is 8.78 Å². The average Bonchev–Trinajstić information content (AvgIpc) is 2.95. The van der Waals surface area contributed by atoms with Gasteiger partial charge in [0.25, 0.3) is 5.91 Å². The van der Waals surface area contributed by atoms with Crippen LogP contribution in [0.25, 0.3) is 0 Å². The van der Waals surface area contributed by atoms with Gasteiger partial charge in [-0.15, -0.1) is 0 Å². The lowest BCUT2D eigenvalue weighted by Gasteiger charge is -2.22. The van der Waals surface area contributed by atoms with E-state index in [-0.39, 0.29) is 13.0 Å². The van der Waals surface area contributed by atoms with E-state index in [2.05, 4.69) is 12.1 Å². The molecule has 0 aliphatic carbocycles. The molecule has 1 amide bonds. The molecule has 2 N–H and O–H groups in total. The van der Waals surface area contributed by atoms with E-state index in [1.165, 1.54) is 22.6 Å². The van der Waals surface area contributed by atoms with Crippen molar-refractivity contribution in [1.29, 1.82) is 0 Å². The maximum atomic E-state index is 13.9. The second-order valence-corrected chi connectivity index (χ2v) is 8.22. The van der Waals surface area contributed by atoms with Gasteiger partial charge >= 0.3 is 11.9 Å². The van der Waals surface area contributed by atoms with Gasteiger partial charge in [-0.1, -0.05) is 61.7 Å². The molecular formula is C24H33F2NO4. The number of aliphatic carboxylic acids is 1. The maximum Gasteiger partial charge on any atom is 0.327 e. The van der Waals surface area contributed by atoms with Crippen LogP contribution in [0.5, 0.6) is 0 Å². The lowest BCUT2D eigenvalue weighted by Crippen LogP contribution is -2.36. The molecule has 5 nitrogen and oxygen atoms in total. The molecule has 172 valence electrons. The van der Waals surface area contributed by atoms with E-state index in [4.69, 9.17) is 5.11 Å². The normalized spacial score (nSPS) is 19.3. The molecule has 31 heavy (non-hydrogen) atoms. The Hall–Kier alpha value is -2.28. The number of unbranched alkanes of at least 4 members (excludes halogenated alkanes) is 4. The number of carboxylic acids is 1. The van der Waals surface area contributed by atoms with Gasteiger partial charge in [0.15, 0.2) is 0 Å². The molecule has 1 aromatic carbocycles. The molecule has 1 heterocycles. The third-order valence-corrected chi connectivity index (χ3v) is 5.59. The smallest absolute Gasteiger partial charge is 0.327 e. The molecule has 0 unspecified atom stereocenters. The van der Waals surface area contributed by atoms with Gasteiger partial charge in [-0.3, -0.25) is 9.59 Å². The number of hydrogen-bond acceptors (Lipinski definition) is 3. The molecule has 1 fully saturated rings. The number of nitrogens with zero attached hydrogens (tertiary/aromatic N) is 1. The van der Waals surface area contributed by atoms with Crippen LogP contribution in [-0.2, 0) is 16.0 Å². The first-order valence-electron chi connectivity index (χ1n) is 11.1. The zero-order valence-corrected chi connectivity index (χ0v) is 17.9. The van der Waals surface area contributed by atoms with Crippen LogP contribution in [0.15, 0.2) is 42.5 Å². The number of amides is 1. The first-order valence-corrected chi connectivity index (χ1v) is 11.1. The van der Waals surface area contributed by atoms with E-state index in [9.17, 15) is 23.5 Å². The summed E-state index contributed by atoms with van der Waals surface area (Å²) in [5.41, 5.74) is 1.25. The Labute approximate surface area is 182 Å². The number of halogens is 2. The minimum atomic E-state index is -3.38. The highest BCUT2D eigenvalue weighted by atomic mass is 19.3. The van der Waals surface area contributed by atoms with Gasteiger partial charge < -0.3 is 15.1 Å². The van der Waals surface area contributed by atoms with Gasteiger partial charge in [0, 0.05) is 19.4 Å². The van der Waals surface area contributed by atoms with Crippen LogP contribution < -0.4 is 0 Å². The summed E-state index contributed by atoms with van der Waals surface area (Å²) in [6.45, 7) is 0.212. The lowest BCUT2D eigenvalue weighted by atomic mass is 10.0. The Morgan fingerprint density at radius 2 is 1.84 bits per heavy atom. The highest BCUT2D eigenvalue weighted by Crippen LogP contribution is 2.34. The van der Waals surface area contributed by atoms with E-state index in [1.54, 1.807) is 0 Å². The van der Waals surface area contributed by atoms with Crippen LogP contribution in [-0.4, -0.2) is 51.6 Å². The predicted molar refractivity (Wildman–Crippen MR) is 115 cm³/mol. The fraction of sp³-hybridized carbons (Fsp3) is 0.583. The summed E-state index contributed by atoms with van der Waals surface area (Å²) in [6.07, 6.45) is 7.55. The summed E-state index contributed by atoms with van der Waals surface area (Å²) in [5.74, 6) is -5.39. The third-order valence-electron chi connectivity index (χ3n) is 5.59. The lowest BCUT2D eigenvalue weighted by molar-refractivity contribution is -0.148. The molecule has 2 rings (SSSR count). The highest BCUT2D eigenvalue weighted by Gasteiger charge is 2.52. The fourth-order valence-corrected chi connectivity index (χ4v) is 3.85. The molecule has 0 radical (unpaired) electrons. The Morgan fingerprint density at radius 3 is 2.55 bits per heavy atom. The Morgan fingerprint density at radius 1 is 1.13 bits per heavy atom. The molecule has 0 spiro atoms. The standard InChI is InChI=1S/C24H33F2NO4/c25-24(26)18-20(27(23(24)31)17-9-2-1-6-14-22(29)30)15-16-21(28)13-8-7-12-19-10-4-3-5-11-19/h3-5,10-11,15-16,20-21,28H,1-2,6-9,12-14,17-18H2,(H,29,30)/t20-,21-/m0/s1. The predicted octanol–water partition coefficient (Wildman–Crippen LogP) is 4.59.